The quantitative estimate of drug-likeness (QED) is 0.293. The molecule has 0 aromatic heterocycles. The number of likely N-dealkylation sites (N-methyl/N-ethyl adjacent to an activating group) is 1. The molecule has 2 saturated heterocycles. The van der Waals surface area contributed by atoms with E-state index in [4.69, 9.17) is 23.7 Å². The van der Waals surface area contributed by atoms with Gasteiger partial charge in [0, 0.05) is 39.3 Å². The van der Waals surface area contributed by atoms with Crippen molar-refractivity contribution in [1.29, 1.82) is 0 Å². The van der Waals surface area contributed by atoms with Crippen LogP contribution in [0.15, 0.2) is 48.6 Å². The van der Waals surface area contributed by atoms with Crippen molar-refractivity contribution in [2.75, 3.05) is 73.7 Å². The van der Waals surface area contributed by atoms with E-state index in [9.17, 15) is 19.2 Å². The maximum absolute atomic E-state index is 12.5. The van der Waals surface area contributed by atoms with Crippen LogP contribution < -0.4 is 18.9 Å². The third kappa shape index (κ3) is 9.16. The number of ketones is 2. The molecule has 0 saturated carbocycles. The van der Waals surface area contributed by atoms with Crippen molar-refractivity contribution in [2.45, 2.75) is 6.42 Å². The van der Waals surface area contributed by atoms with Gasteiger partial charge in [0.1, 0.15) is 0 Å². The Hall–Kier alpha value is -4.68. The molecule has 0 spiro atoms. The van der Waals surface area contributed by atoms with E-state index < -0.39 is 12.2 Å². The molecule has 0 aliphatic carbocycles. The molecule has 0 atom stereocenters. The molecule has 12 heteroatoms. The molecule has 0 N–H and O–H groups in total. The summed E-state index contributed by atoms with van der Waals surface area (Å²) in [6.07, 6.45) is 4.50. The van der Waals surface area contributed by atoms with Crippen molar-refractivity contribution < 1.29 is 42.9 Å². The summed E-state index contributed by atoms with van der Waals surface area (Å²) in [4.78, 5) is 55.2. The Morgan fingerprint density at radius 2 is 1.14 bits per heavy atom. The molecular weight excluding hydrogens is 570 g/mol. The number of carbonyl (C=O) groups is 4. The summed E-state index contributed by atoms with van der Waals surface area (Å²) in [5.41, 5.74) is 1.27. The topological polar surface area (TPSA) is 124 Å². The van der Waals surface area contributed by atoms with Crippen LogP contribution in [0.2, 0.25) is 0 Å². The fraction of sp³-hybridized carbons (Fsp3) is 0.375. The van der Waals surface area contributed by atoms with Crippen molar-refractivity contribution in [3.8, 4) is 23.0 Å². The van der Waals surface area contributed by atoms with Gasteiger partial charge >= 0.3 is 12.2 Å². The number of benzene rings is 2. The standard InChI is InChI=1S/C32H37N3O9/c1-33-12-14-34(15-13-33)31(38)43-27-10-6-23(20-29(27)40-2)4-8-25(36)22-26(37)9-5-24-7-11-28(30(21-24)41-3)44-32(39)35-16-18-42-19-17-35/h4-11,20-21H,12-19,22H2,1-3H3/b8-4+,9-5+. The van der Waals surface area contributed by atoms with Crippen molar-refractivity contribution in [1.82, 2.24) is 14.7 Å². The predicted octanol–water partition coefficient (Wildman–Crippen LogP) is 3.54. The molecule has 2 amide bonds. The Bertz CT molecular complexity index is 1410. The largest absolute Gasteiger partial charge is 0.493 e. The van der Waals surface area contributed by atoms with E-state index >= 15 is 0 Å². The molecule has 2 fully saturated rings. The van der Waals surface area contributed by atoms with E-state index in [2.05, 4.69) is 4.90 Å². The van der Waals surface area contributed by atoms with E-state index in [1.165, 1.54) is 26.4 Å². The zero-order valence-corrected chi connectivity index (χ0v) is 25.2. The van der Waals surface area contributed by atoms with Gasteiger partial charge in [0.05, 0.1) is 33.9 Å². The monoisotopic (exact) mass is 607 g/mol. The average molecular weight is 608 g/mol. The molecule has 0 unspecified atom stereocenters. The van der Waals surface area contributed by atoms with Crippen LogP contribution in [0.25, 0.3) is 12.2 Å². The highest BCUT2D eigenvalue weighted by Crippen LogP contribution is 2.30. The number of methoxy groups -OCH3 is 2. The minimum atomic E-state index is -0.490. The van der Waals surface area contributed by atoms with E-state index in [1.54, 1.807) is 58.4 Å². The minimum Gasteiger partial charge on any atom is -0.493 e. The van der Waals surface area contributed by atoms with Crippen LogP contribution in [0.3, 0.4) is 0 Å². The van der Waals surface area contributed by atoms with Crippen LogP contribution in [0, 0.1) is 0 Å². The molecule has 234 valence electrons. The molecule has 2 heterocycles. The van der Waals surface area contributed by atoms with Crippen LogP contribution in [0.1, 0.15) is 17.5 Å². The fourth-order valence-electron chi connectivity index (χ4n) is 4.46. The molecule has 2 aromatic rings. The van der Waals surface area contributed by atoms with E-state index in [1.807, 2.05) is 7.05 Å². The first-order valence-corrected chi connectivity index (χ1v) is 14.2. The number of ether oxygens (including phenoxy) is 5. The Morgan fingerprint density at radius 3 is 1.59 bits per heavy atom. The van der Waals surface area contributed by atoms with E-state index in [0.29, 0.717) is 62.0 Å². The summed E-state index contributed by atoms with van der Waals surface area (Å²) in [5.74, 6) is 0.442. The number of morpholine rings is 1. The van der Waals surface area contributed by atoms with Gasteiger partial charge in [-0.05, 0) is 54.6 Å². The van der Waals surface area contributed by atoms with Crippen molar-refractivity contribution in [3.63, 3.8) is 0 Å². The average Bonchev–Trinajstić information content (AvgIpc) is 3.04. The number of allylic oxidation sites excluding steroid dienone is 2. The summed E-state index contributed by atoms with van der Waals surface area (Å²) >= 11 is 0. The maximum atomic E-state index is 12.5. The minimum absolute atomic E-state index is 0.255. The first-order chi connectivity index (χ1) is 21.2. The van der Waals surface area contributed by atoms with Gasteiger partial charge in [-0.15, -0.1) is 0 Å². The maximum Gasteiger partial charge on any atom is 0.415 e. The second kappa shape index (κ2) is 15.7. The third-order valence-corrected chi connectivity index (χ3v) is 7.07. The van der Waals surface area contributed by atoms with Gasteiger partial charge in [-0.1, -0.05) is 24.3 Å². The van der Waals surface area contributed by atoms with E-state index in [-0.39, 0.29) is 29.5 Å². The molecule has 2 aliphatic heterocycles. The lowest BCUT2D eigenvalue weighted by Gasteiger charge is -2.31. The fourth-order valence-corrected chi connectivity index (χ4v) is 4.46. The summed E-state index contributed by atoms with van der Waals surface area (Å²) in [6, 6.07) is 9.84. The second-order valence-corrected chi connectivity index (χ2v) is 10.2. The number of hydrogen-bond donors (Lipinski definition) is 0. The first-order valence-electron chi connectivity index (χ1n) is 14.2. The molecule has 2 aliphatic rings. The number of rotatable bonds is 10. The summed E-state index contributed by atoms with van der Waals surface area (Å²) in [6.45, 7) is 4.54. The first kappa shape index (κ1) is 32.2. The lowest BCUT2D eigenvalue weighted by molar-refractivity contribution is -0.121. The molecule has 44 heavy (non-hydrogen) atoms. The number of nitrogens with zero attached hydrogens (tertiary/aromatic N) is 3. The van der Waals surface area contributed by atoms with Gasteiger partial charge in [-0.3, -0.25) is 9.59 Å². The number of carbonyl (C=O) groups excluding carboxylic acids is 4. The highest BCUT2D eigenvalue weighted by Gasteiger charge is 2.22. The molecule has 12 nitrogen and oxygen atoms in total. The zero-order valence-electron chi connectivity index (χ0n) is 25.2. The Labute approximate surface area is 256 Å². The number of amides is 2. The van der Waals surface area contributed by atoms with Crippen LogP contribution in [-0.2, 0) is 14.3 Å². The third-order valence-electron chi connectivity index (χ3n) is 7.07. The zero-order chi connectivity index (χ0) is 31.5. The Kier molecular flexibility index (Phi) is 11.5. The molecule has 0 bridgehead atoms. The molecular formula is C32H37N3O9. The smallest absolute Gasteiger partial charge is 0.415 e. The van der Waals surface area contributed by atoms with Crippen molar-refractivity contribution in [2.24, 2.45) is 0 Å². The highest BCUT2D eigenvalue weighted by molar-refractivity contribution is 6.10. The normalized spacial score (nSPS) is 15.8. The highest BCUT2D eigenvalue weighted by atomic mass is 16.6. The lowest BCUT2D eigenvalue weighted by atomic mass is 10.1. The summed E-state index contributed by atoms with van der Waals surface area (Å²) in [5, 5.41) is 0. The van der Waals surface area contributed by atoms with Crippen LogP contribution in [0.5, 0.6) is 23.0 Å². The second-order valence-electron chi connectivity index (χ2n) is 10.2. The Balaban J connectivity index is 1.29. The van der Waals surface area contributed by atoms with Crippen LogP contribution >= 0.6 is 0 Å². The van der Waals surface area contributed by atoms with Gasteiger partial charge in [-0.25, -0.2) is 9.59 Å². The number of hydrogen-bond acceptors (Lipinski definition) is 10. The van der Waals surface area contributed by atoms with Crippen molar-refractivity contribution in [3.05, 3.63) is 59.7 Å². The molecule has 0 radical (unpaired) electrons. The van der Waals surface area contributed by atoms with Gasteiger partial charge in [-0.2, -0.15) is 0 Å². The predicted molar refractivity (Wildman–Crippen MR) is 162 cm³/mol. The van der Waals surface area contributed by atoms with Crippen molar-refractivity contribution >= 4 is 35.9 Å². The Morgan fingerprint density at radius 1 is 0.682 bits per heavy atom. The molecule has 4 rings (SSSR count). The van der Waals surface area contributed by atoms with Gasteiger partial charge in [0.15, 0.2) is 34.6 Å². The van der Waals surface area contributed by atoms with Gasteiger partial charge in [0.2, 0.25) is 0 Å². The SMILES string of the molecule is COc1cc(/C=C/C(=O)CC(=O)/C=C/c2ccc(OC(=O)N3CCN(C)CC3)c(OC)c2)ccc1OC(=O)N1CCOCC1. The van der Waals surface area contributed by atoms with E-state index in [0.717, 1.165) is 13.1 Å². The van der Waals surface area contributed by atoms with Gasteiger partial charge < -0.3 is 38.4 Å². The lowest BCUT2D eigenvalue weighted by Crippen LogP contribution is -2.48. The molecule has 2 aromatic carbocycles. The van der Waals surface area contributed by atoms with Crippen LogP contribution in [-0.4, -0.2) is 112 Å². The van der Waals surface area contributed by atoms with Crippen LogP contribution in [0.4, 0.5) is 9.59 Å². The summed E-state index contributed by atoms with van der Waals surface area (Å²) in [7, 11) is 4.92. The van der Waals surface area contributed by atoms with Gasteiger partial charge in [0.25, 0.3) is 0 Å². The number of piperazine rings is 1. The summed E-state index contributed by atoms with van der Waals surface area (Å²) < 4.78 is 27.0.